The predicted octanol–water partition coefficient (Wildman–Crippen LogP) is 4.48. The van der Waals surface area contributed by atoms with E-state index in [9.17, 15) is 18.0 Å². The molecular formula is C27H36BrN3O5S. The highest BCUT2D eigenvalue weighted by Gasteiger charge is 2.32. The van der Waals surface area contributed by atoms with Crippen LogP contribution < -0.4 is 14.4 Å². The molecule has 0 aromatic heterocycles. The number of anilines is 1. The van der Waals surface area contributed by atoms with Crippen molar-refractivity contribution >= 4 is 43.5 Å². The van der Waals surface area contributed by atoms with Gasteiger partial charge in [-0.25, -0.2) is 8.42 Å². The molecule has 1 N–H and O–H groups in total. The lowest BCUT2D eigenvalue weighted by molar-refractivity contribution is -0.139. The number of nitrogens with zero attached hydrogens (tertiary/aromatic N) is 2. The summed E-state index contributed by atoms with van der Waals surface area (Å²) in [5.41, 5.74) is 1.11. The molecule has 1 atom stereocenters. The number of rotatable bonds is 11. The average Bonchev–Trinajstić information content (AvgIpc) is 2.87. The molecule has 1 saturated carbocycles. The number of hydrogen-bond acceptors (Lipinski definition) is 5. The number of para-hydroxylation sites is 2. The Morgan fingerprint density at radius 3 is 2.35 bits per heavy atom. The van der Waals surface area contributed by atoms with Crippen molar-refractivity contribution in [2.75, 3.05) is 23.7 Å². The number of benzene rings is 2. The molecule has 8 nitrogen and oxygen atoms in total. The normalized spacial score (nSPS) is 15.0. The highest BCUT2D eigenvalue weighted by atomic mass is 79.9. The third kappa shape index (κ3) is 8.20. The van der Waals surface area contributed by atoms with Crippen LogP contribution in [0.1, 0.15) is 51.5 Å². The van der Waals surface area contributed by atoms with Crippen molar-refractivity contribution < 1.29 is 22.7 Å². The number of carbonyl (C=O) groups is 2. The van der Waals surface area contributed by atoms with Crippen molar-refractivity contribution in [2.45, 2.75) is 64.6 Å². The van der Waals surface area contributed by atoms with E-state index in [0.29, 0.717) is 12.4 Å². The molecular weight excluding hydrogens is 558 g/mol. The van der Waals surface area contributed by atoms with Crippen LogP contribution in [0.4, 0.5) is 5.69 Å². The summed E-state index contributed by atoms with van der Waals surface area (Å²) in [5, 5.41) is 3.10. The van der Waals surface area contributed by atoms with Gasteiger partial charge < -0.3 is 15.0 Å². The Morgan fingerprint density at radius 1 is 1.08 bits per heavy atom. The lowest BCUT2D eigenvalue weighted by Crippen LogP contribution is -2.53. The fourth-order valence-corrected chi connectivity index (χ4v) is 5.59. The van der Waals surface area contributed by atoms with E-state index in [0.717, 1.165) is 46.3 Å². The van der Waals surface area contributed by atoms with Gasteiger partial charge in [0.25, 0.3) is 0 Å². The quantitative estimate of drug-likeness (QED) is 0.414. The van der Waals surface area contributed by atoms with E-state index < -0.39 is 28.5 Å². The Morgan fingerprint density at radius 2 is 1.73 bits per heavy atom. The minimum atomic E-state index is -3.84. The van der Waals surface area contributed by atoms with Gasteiger partial charge in [0.1, 0.15) is 18.3 Å². The summed E-state index contributed by atoms with van der Waals surface area (Å²) in [4.78, 5) is 28.4. The first kappa shape index (κ1) is 29.0. The van der Waals surface area contributed by atoms with Gasteiger partial charge >= 0.3 is 0 Å². The summed E-state index contributed by atoms with van der Waals surface area (Å²) in [6.45, 7) is 3.54. The Bertz CT molecular complexity index is 1170. The first-order chi connectivity index (χ1) is 17.6. The summed E-state index contributed by atoms with van der Waals surface area (Å²) in [6, 6.07) is 13.5. The number of ether oxygens (including phenoxy) is 1. The Labute approximate surface area is 228 Å². The zero-order valence-electron chi connectivity index (χ0n) is 21.7. The van der Waals surface area contributed by atoms with E-state index in [1.54, 1.807) is 38.1 Å². The van der Waals surface area contributed by atoms with E-state index in [2.05, 4.69) is 21.2 Å². The number of halogens is 1. The molecule has 2 amide bonds. The number of nitrogens with one attached hydrogen (secondary N) is 1. The topological polar surface area (TPSA) is 96.0 Å². The van der Waals surface area contributed by atoms with Crippen molar-refractivity contribution in [3.05, 3.63) is 58.6 Å². The van der Waals surface area contributed by atoms with Crippen molar-refractivity contribution in [3.63, 3.8) is 0 Å². The van der Waals surface area contributed by atoms with Crippen LogP contribution in [0.25, 0.3) is 0 Å². The van der Waals surface area contributed by atoms with Crippen LogP contribution in [0.2, 0.25) is 0 Å². The van der Waals surface area contributed by atoms with Gasteiger partial charge in [0.05, 0.1) is 18.6 Å². The first-order valence-electron chi connectivity index (χ1n) is 12.6. The lowest BCUT2D eigenvalue weighted by atomic mass is 9.95. The number of carbonyl (C=O) groups excluding carboxylic acids is 2. The lowest BCUT2D eigenvalue weighted by Gasteiger charge is -2.33. The molecule has 0 heterocycles. The molecule has 1 aliphatic rings. The second-order valence-corrected chi connectivity index (χ2v) is 12.2. The highest BCUT2D eigenvalue weighted by molar-refractivity contribution is 9.10. The number of amides is 2. The molecule has 10 heteroatoms. The van der Waals surface area contributed by atoms with Crippen LogP contribution in [0.15, 0.2) is 53.0 Å². The molecule has 0 bridgehead atoms. The van der Waals surface area contributed by atoms with Gasteiger partial charge in [-0.05, 0) is 56.5 Å². The van der Waals surface area contributed by atoms with Crippen LogP contribution in [-0.4, -0.2) is 56.6 Å². The van der Waals surface area contributed by atoms with Crippen molar-refractivity contribution in [1.82, 2.24) is 10.2 Å². The van der Waals surface area contributed by atoms with Crippen molar-refractivity contribution in [3.8, 4) is 5.75 Å². The molecule has 0 aliphatic heterocycles. The van der Waals surface area contributed by atoms with E-state index in [4.69, 9.17) is 4.74 Å². The molecule has 0 radical (unpaired) electrons. The predicted molar refractivity (Wildman–Crippen MR) is 149 cm³/mol. The maximum atomic E-state index is 13.7. The Kier molecular flexibility index (Phi) is 10.4. The zero-order chi connectivity index (χ0) is 27.0. The van der Waals surface area contributed by atoms with Gasteiger partial charge in [0.15, 0.2) is 0 Å². The van der Waals surface area contributed by atoms with E-state index in [1.807, 2.05) is 24.3 Å². The smallest absolute Gasteiger partial charge is 0.244 e. The zero-order valence-corrected chi connectivity index (χ0v) is 24.1. The molecule has 0 saturated heterocycles. The molecule has 1 aliphatic carbocycles. The third-order valence-electron chi connectivity index (χ3n) is 6.50. The summed E-state index contributed by atoms with van der Waals surface area (Å²) in [7, 11) is -3.84. The standard InChI is InChI=1S/C27H36BrN3O5S/c1-4-36-25-13-9-8-12-24(25)31(37(3,34)35)19-26(32)30(18-21-14-16-22(28)17-15-21)20(2)27(33)29-23-10-6-5-7-11-23/h8-9,12-17,20,23H,4-7,10-11,18-19H2,1-3H3,(H,29,33). The van der Waals surface area contributed by atoms with Crippen molar-refractivity contribution in [2.24, 2.45) is 0 Å². The van der Waals surface area contributed by atoms with Gasteiger partial charge in [-0.2, -0.15) is 0 Å². The summed E-state index contributed by atoms with van der Waals surface area (Å²) < 4.78 is 33.2. The fourth-order valence-electron chi connectivity index (χ4n) is 4.47. The van der Waals surface area contributed by atoms with Gasteiger partial charge in [-0.15, -0.1) is 0 Å². The highest BCUT2D eigenvalue weighted by Crippen LogP contribution is 2.30. The summed E-state index contributed by atoms with van der Waals surface area (Å²) >= 11 is 3.42. The van der Waals surface area contributed by atoms with Crippen molar-refractivity contribution in [1.29, 1.82) is 0 Å². The molecule has 1 fully saturated rings. The Hall–Kier alpha value is -2.59. The maximum absolute atomic E-state index is 13.7. The maximum Gasteiger partial charge on any atom is 0.244 e. The minimum Gasteiger partial charge on any atom is -0.492 e. The molecule has 3 rings (SSSR count). The van der Waals surface area contributed by atoms with Gasteiger partial charge in [-0.1, -0.05) is 59.5 Å². The van der Waals surface area contributed by atoms with Gasteiger partial charge in [-0.3, -0.25) is 13.9 Å². The van der Waals surface area contributed by atoms with Gasteiger partial charge in [0.2, 0.25) is 21.8 Å². The van der Waals surface area contributed by atoms with Crippen LogP contribution in [0.3, 0.4) is 0 Å². The van der Waals surface area contributed by atoms with Gasteiger partial charge in [0, 0.05) is 17.1 Å². The monoisotopic (exact) mass is 593 g/mol. The number of hydrogen-bond donors (Lipinski definition) is 1. The fraction of sp³-hybridized carbons (Fsp3) is 0.481. The minimum absolute atomic E-state index is 0.0962. The second-order valence-electron chi connectivity index (χ2n) is 9.34. The number of sulfonamides is 1. The first-order valence-corrected chi connectivity index (χ1v) is 15.3. The van der Waals surface area contributed by atoms with E-state index in [1.165, 1.54) is 11.3 Å². The molecule has 2 aromatic rings. The van der Waals surface area contributed by atoms with E-state index >= 15 is 0 Å². The van der Waals surface area contributed by atoms with Crippen LogP contribution in [0, 0.1) is 0 Å². The Balaban J connectivity index is 1.89. The SMILES string of the molecule is CCOc1ccccc1N(CC(=O)N(Cc1ccc(Br)cc1)C(C)C(=O)NC1CCCCC1)S(C)(=O)=O. The molecule has 1 unspecified atom stereocenters. The summed E-state index contributed by atoms with van der Waals surface area (Å²) in [6.07, 6.45) is 6.22. The molecule has 2 aromatic carbocycles. The van der Waals surface area contributed by atoms with Crippen LogP contribution in [-0.2, 0) is 26.2 Å². The molecule has 202 valence electrons. The average molecular weight is 595 g/mol. The molecule has 0 spiro atoms. The largest absolute Gasteiger partial charge is 0.492 e. The van der Waals surface area contributed by atoms with Crippen LogP contribution in [0.5, 0.6) is 5.75 Å². The third-order valence-corrected chi connectivity index (χ3v) is 8.15. The van der Waals surface area contributed by atoms with Crippen LogP contribution >= 0.6 is 15.9 Å². The molecule has 37 heavy (non-hydrogen) atoms. The van der Waals surface area contributed by atoms with E-state index in [-0.39, 0.29) is 24.2 Å². The summed E-state index contributed by atoms with van der Waals surface area (Å²) in [5.74, 6) is -0.352. The second kappa shape index (κ2) is 13.3.